The molecule has 0 aliphatic rings. The number of rotatable bonds is 10. The summed E-state index contributed by atoms with van der Waals surface area (Å²) in [6, 6.07) is 56.1. The van der Waals surface area contributed by atoms with Crippen molar-refractivity contribution in [1.82, 2.24) is 9.97 Å². The molecular weight excluding hydrogens is 673 g/mol. The van der Waals surface area contributed by atoms with E-state index in [9.17, 15) is 0 Å². The van der Waals surface area contributed by atoms with Crippen molar-refractivity contribution in [1.29, 1.82) is 0 Å². The fourth-order valence-electron chi connectivity index (χ4n) is 6.31. The van der Waals surface area contributed by atoms with Gasteiger partial charge >= 0.3 is 0 Å². The largest absolute Gasteiger partial charge is 0.455 e. The van der Waals surface area contributed by atoms with Crippen molar-refractivity contribution in [2.45, 2.75) is 6.92 Å². The zero-order valence-corrected chi connectivity index (χ0v) is 29.2. The van der Waals surface area contributed by atoms with Gasteiger partial charge in [-0.15, -0.1) is 0 Å². The molecule has 9 aromatic rings. The maximum atomic E-state index is 6.56. The van der Waals surface area contributed by atoms with Gasteiger partial charge in [-0.25, -0.2) is 9.97 Å². The zero-order valence-electron chi connectivity index (χ0n) is 29.2. The summed E-state index contributed by atoms with van der Waals surface area (Å²) < 4.78 is 32.5. The van der Waals surface area contributed by atoms with Gasteiger partial charge in [0, 0.05) is 10.8 Å². The highest BCUT2D eigenvalue weighted by molar-refractivity contribution is 6.24. The van der Waals surface area contributed by atoms with Crippen molar-refractivity contribution in [3.8, 4) is 57.6 Å². The van der Waals surface area contributed by atoms with Crippen molar-refractivity contribution < 1.29 is 23.7 Å². The Morgan fingerprint density at radius 3 is 1.06 bits per heavy atom. The van der Waals surface area contributed by atoms with Crippen molar-refractivity contribution in [2.24, 2.45) is 0 Å². The van der Waals surface area contributed by atoms with Gasteiger partial charge in [0.15, 0.2) is 17.2 Å². The molecular formula is C47H32N2O5. The van der Waals surface area contributed by atoms with Gasteiger partial charge < -0.3 is 23.7 Å². The van der Waals surface area contributed by atoms with Gasteiger partial charge in [-0.3, -0.25) is 0 Å². The first-order valence-electron chi connectivity index (χ1n) is 17.5. The second kappa shape index (κ2) is 14.3. The van der Waals surface area contributed by atoms with Crippen LogP contribution in [0, 0.1) is 6.92 Å². The third-order valence-corrected chi connectivity index (χ3v) is 8.85. The van der Waals surface area contributed by atoms with Crippen LogP contribution in [0.3, 0.4) is 0 Å². The third-order valence-electron chi connectivity index (χ3n) is 8.85. The Kier molecular flexibility index (Phi) is 8.63. The standard InChI is InChI=1S/C47H32N2O5/c1-31-41(50-32-17-7-2-8-18-32)29-39-37-27-42(51-33-19-9-3-10-20-33)43(52-34-21-11-4-12-22-34)28-38(37)40-30-44(53-35-23-13-5-14-24-35)47(49-46(40)45(39)48-31)54-36-25-15-6-16-26-36/h2-30H,1H3. The molecule has 0 spiro atoms. The number of nitrogens with zero attached hydrogens (tertiary/aromatic N) is 2. The Morgan fingerprint density at radius 1 is 0.315 bits per heavy atom. The lowest BCUT2D eigenvalue weighted by Crippen LogP contribution is -1.99. The summed E-state index contributed by atoms with van der Waals surface area (Å²) in [7, 11) is 0. The lowest BCUT2D eigenvalue weighted by molar-refractivity contribution is 0.407. The summed E-state index contributed by atoms with van der Waals surface area (Å²) in [4.78, 5) is 10.3. The summed E-state index contributed by atoms with van der Waals surface area (Å²) in [6.07, 6.45) is 0. The molecule has 7 aromatic carbocycles. The molecule has 0 saturated carbocycles. The first-order chi connectivity index (χ1) is 26.6. The Bertz CT molecular complexity index is 2650. The van der Waals surface area contributed by atoms with Crippen LogP contribution >= 0.6 is 0 Å². The predicted molar refractivity (Wildman–Crippen MR) is 212 cm³/mol. The van der Waals surface area contributed by atoms with Crippen molar-refractivity contribution in [2.75, 3.05) is 0 Å². The third kappa shape index (κ3) is 6.69. The average molecular weight is 705 g/mol. The summed E-state index contributed by atoms with van der Waals surface area (Å²) in [5.41, 5.74) is 2.00. The monoisotopic (exact) mass is 704 g/mol. The minimum absolute atomic E-state index is 0.298. The van der Waals surface area contributed by atoms with Crippen LogP contribution in [-0.2, 0) is 0 Å². The molecule has 0 radical (unpaired) electrons. The molecule has 2 heterocycles. The Labute approximate surface area is 311 Å². The van der Waals surface area contributed by atoms with Crippen molar-refractivity contribution >= 4 is 32.6 Å². The van der Waals surface area contributed by atoms with E-state index in [1.807, 2.05) is 183 Å². The molecule has 0 bridgehead atoms. The summed E-state index contributed by atoms with van der Waals surface area (Å²) in [5.74, 6) is 5.72. The highest BCUT2D eigenvalue weighted by Gasteiger charge is 2.22. The number of benzene rings is 7. The number of aryl methyl sites for hydroxylation is 1. The molecule has 0 amide bonds. The van der Waals surface area contributed by atoms with E-state index in [0.717, 1.165) is 21.5 Å². The number of aromatic nitrogens is 2. The zero-order chi connectivity index (χ0) is 36.3. The topological polar surface area (TPSA) is 71.9 Å². The molecule has 54 heavy (non-hydrogen) atoms. The Morgan fingerprint density at radius 2 is 0.630 bits per heavy atom. The van der Waals surface area contributed by atoms with Crippen LogP contribution in [0.15, 0.2) is 176 Å². The fourth-order valence-corrected chi connectivity index (χ4v) is 6.31. The molecule has 0 aliphatic heterocycles. The number of para-hydroxylation sites is 5. The van der Waals surface area contributed by atoms with Crippen LogP contribution in [0.4, 0.5) is 0 Å². The molecule has 0 aliphatic carbocycles. The fraction of sp³-hybridized carbons (Fsp3) is 0.0213. The van der Waals surface area contributed by atoms with E-state index in [1.54, 1.807) is 0 Å². The second-order valence-corrected chi connectivity index (χ2v) is 12.6. The van der Waals surface area contributed by atoms with Crippen LogP contribution in [-0.4, -0.2) is 9.97 Å². The van der Waals surface area contributed by atoms with Crippen LogP contribution in [0.5, 0.6) is 57.6 Å². The SMILES string of the molecule is Cc1nc2c(cc1Oc1ccccc1)c1cc(Oc3ccccc3)c(Oc3ccccc3)cc1c1cc(Oc3ccccc3)c(Oc3ccccc3)nc12. The van der Waals surface area contributed by atoms with Gasteiger partial charge in [0.05, 0.1) is 11.2 Å². The first kappa shape index (κ1) is 32.5. The van der Waals surface area contributed by atoms with Crippen LogP contribution < -0.4 is 23.7 Å². The van der Waals surface area contributed by atoms with Gasteiger partial charge in [0.2, 0.25) is 0 Å². The Balaban J connectivity index is 1.34. The molecule has 2 aromatic heterocycles. The number of fused-ring (bicyclic) bond motifs is 6. The van der Waals surface area contributed by atoms with Gasteiger partial charge in [0.25, 0.3) is 5.88 Å². The van der Waals surface area contributed by atoms with E-state index in [0.29, 0.717) is 74.4 Å². The van der Waals surface area contributed by atoms with Crippen LogP contribution in [0.2, 0.25) is 0 Å². The van der Waals surface area contributed by atoms with Crippen LogP contribution in [0.1, 0.15) is 5.69 Å². The van der Waals surface area contributed by atoms with E-state index in [2.05, 4.69) is 0 Å². The van der Waals surface area contributed by atoms with Gasteiger partial charge in [-0.05, 0) is 103 Å². The average Bonchev–Trinajstić information content (AvgIpc) is 3.21. The van der Waals surface area contributed by atoms with Crippen molar-refractivity contribution in [3.63, 3.8) is 0 Å². The molecule has 260 valence electrons. The van der Waals surface area contributed by atoms with Gasteiger partial charge in [-0.1, -0.05) is 91.0 Å². The molecule has 0 N–H and O–H groups in total. The molecule has 0 fully saturated rings. The van der Waals surface area contributed by atoms with Gasteiger partial charge in [0.1, 0.15) is 40.0 Å². The molecule has 7 nitrogen and oxygen atoms in total. The highest BCUT2D eigenvalue weighted by atomic mass is 16.5. The summed E-state index contributed by atoms with van der Waals surface area (Å²) in [5, 5.41) is 3.31. The lowest BCUT2D eigenvalue weighted by Gasteiger charge is -2.19. The van der Waals surface area contributed by atoms with Gasteiger partial charge in [-0.2, -0.15) is 0 Å². The number of pyridine rings is 2. The lowest BCUT2D eigenvalue weighted by atomic mass is 9.98. The molecule has 0 unspecified atom stereocenters. The Hall–Kier alpha value is -7.38. The minimum atomic E-state index is 0.298. The maximum absolute atomic E-state index is 6.56. The normalized spacial score (nSPS) is 11.1. The van der Waals surface area contributed by atoms with Crippen molar-refractivity contribution in [3.05, 3.63) is 182 Å². The number of hydrogen-bond donors (Lipinski definition) is 0. The second-order valence-electron chi connectivity index (χ2n) is 12.6. The maximum Gasteiger partial charge on any atom is 0.263 e. The highest BCUT2D eigenvalue weighted by Crippen LogP contribution is 2.46. The molecule has 7 heteroatoms. The van der Waals surface area contributed by atoms with E-state index >= 15 is 0 Å². The predicted octanol–water partition coefficient (Wildman–Crippen LogP) is 13.2. The van der Waals surface area contributed by atoms with E-state index in [-0.39, 0.29) is 0 Å². The number of ether oxygens (including phenoxy) is 5. The van der Waals surface area contributed by atoms with E-state index in [4.69, 9.17) is 33.7 Å². The van der Waals surface area contributed by atoms with E-state index < -0.39 is 0 Å². The molecule has 9 rings (SSSR count). The van der Waals surface area contributed by atoms with E-state index in [1.165, 1.54) is 0 Å². The molecule has 0 saturated heterocycles. The number of hydrogen-bond acceptors (Lipinski definition) is 7. The van der Waals surface area contributed by atoms with Crippen LogP contribution in [0.25, 0.3) is 32.6 Å². The minimum Gasteiger partial charge on any atom is -0.455 e. The first-order valence-corrected chi connectivity index (χ1v) is 17.5. The summed E-state index contributed by atoms with van der Waals surface area (Å²) in [6.45, 7) is 1.93. The quantitative estimate of drug-likeness (QED) is 0.131. The summed E-state index contributed by atoms with van der Waals surface area (Å²) >= 11 is 0. The smallest absolute Gasteiger partial charge is 0.263 e. The molecule has 0 atom stereocenters.